The summed E-state index contributed by atoms with van der Waals surface area (Å²) in [5.41, 5.74) is 4.85. The lowest BCUT2D eigenvalue weighted by atomic mass is 10.00. The van der Waals surface area contributed by atoms with Gasteiger partial charge in [0, 0.05) is 30.1 Å². The molecule has 5 nitrogen and oxygen atoms in total. The highest BCUT2D eigenvalue weighted by molar-refractivity contribution is 8.00. The number of carbonyl (C=O) groups excluding carboxylic acids is 2. The third-order valence-corrected chi connectivity index (χ3v) is 6.92. The van der Waals surface area contributed by atoms with E-state index in [1.165, 1.54) is 18.2 Å². The van der Waals surface area contributed by atoms with E-state index in [2.05, 4.69) is 24.3 Å². The molecule has 1 aliphatic rings. The molecule has 1 aliphatic heterocycles. The third-order valence-electron chi connectivity index (χ3n) is 5.86. The highest BCUT2D eigenvalue weighted by atomic mass is 32.2. The average molecular weight is 440 g/mol. The van der Waals surface area contributed by atoms with Crippen molar-refractivity contribution in [1.29, 1.82) is 0 Å². The summed E-state index contributed by atoms with van der Waals surface area (Å²) in [7, 11) is 0. The van der Waals surface area contributed by atoms with Crippen LogP contribution in [0.2, 0.25) is 0 Å². The molecule has 31 heavy (non-hydrogen) atoms. The van der Waals surface area contributed by atoms with Gasteiger partial charge >= 0.3 is 0 Å². The number of amides is 2. The maximum absolute atomic E-state index is 13.0. The van der Waals surface area contributed by atoms with Crippen LogP contribution in [0.1, 0.15) is 56.0 Å². The van der Waals surface area contributed by atoms with Crippen molar-refractivity contribution < 1.29 is 9.59 Å². The van der Waals surface area contributed by atoms with Crippen molar-refractivity contribution in [2.24, 2.45) is 0 Å². The number of rotatable bonds is 8. The number of thioether (sulfide) groups is 1. The van der Waals surface area contributed by atoms with Crippen molar-refractivity contribution in [2.75, 3.05) is 12.3 Å². The zero-order valence-electron chi connectivity index (χ0n) is 18.7. The summed E-state index contributed by atoms with van der Waals surface area (Å²) < 4.78 is 0. The van der Waals surface area contributed by atoms with Gasteiger partial charge in [-0.1, -0.05) is 48.9 Å². The third kappa shape index (κ3) is 6.34. The normalized spacial score (nSPS) is 19.1. The highest BCUT2D eigenvalue weighted by Crippen LogP contribution is 2.25. The van der Waals surface area contributed by atoms with Gasteiger partial charge < -0.3 is 4.90 Å². The Kier molecular flexibility index (Phi) is 8.55. The molecule has 0 aliphatic carbocycles. The van der Waals surface area contributed by atoms with Gasteiger partial charge in [-0.2, -0.15) is 0 Å². The van der Waals surface area contributed by atoms with E-state index in [0.29, 0.717) is 36.5 Å². The SMILES string of the molecule is CCN(Cc1ccccc1)C(=O)CSc1ccccc1C(=O)NN1[C@H](C)CCC[C@@H]1C. The number of carbonyl (C=O) groups is 2. The lowest BCUT2D eigenvalue weighted by molar-refractivity contribution is -0.128. The summed E-state index contributed by atoms with van der Waals surface area (Å²) in [6.45, 7) is 7.56. The second-order valence-electron chi connectivity index (χ2n) is 8.16. The molecule has 0 radical (unpaired) electrons. The van der Waals surface area contributed by atoms with Crippen molar-refractivity contribution in [3.8, 4) is 0 Å². The van der Waals surface area contributed by atoms with Crippen LogP contribution in [-0.2, 0) is 11.3 Å². The summed E-state index contributed by atoms with van der Waals surface area (Å²) in [6.07, 6.45) is 3.37. The number of hydrazine groups is 1. The van der Waals surface area contributed by atoms with Gasteiger partial charge in [0.25, 0.3) is 5.91 Å². The average Bonchev–Trinajstić information content (AvgIpc) is 2.79. The number of nitrogens with zero attached hydrogens (tertiary/aromatic N) is 2. The second-order valence-corrected chi connectivity index (χ2v) is 9.17. The Hall–Kier alpha value is -2.31. The minimum atomic E-state index is -0.104. The molecule has 2 aromatic rings. The molecule has 0 saturated carbocycles. The smallest absolute Gasteiger partial charge is 0.266 e. The van der Waals surface area contributed by atoms with Crippen molar-refractivity contribution in [3.05, 3.63) is 65.7 Å². The van der Waals surface area contributed by atoms with Crippen LogP contribution in [0.3, 0.4) is 0 Å². The molecule has 0 unspecified atom stereocenters. The largest absolute Gasteiger partial charge is 0.338 e. The van der Waals surface area contributed by atoms with E-state index in [1.807, 2.05) is 66.4 Å². The Morgan fingerprint density at radius 3 is 2.35 bits per heavy atom. The summed E-state index contributed by atoms with van der Waals surface area (Å²) >= 11 is 1.43. The molecule has 166 valence electrons. The molecule has 6 heteroatoms. The molecule has 2 aromatic carbocycles. The molecule has 2 atom stereocenters. The van der Waals surface area contributed by atoms with Crippen LogP contribution < -0.4 is 5.43 Å². The van der Waals surface area contributed by atoms with Crippen LogP contribution in [0.4, 0.5) is 0 Å². The van der Waals surface area contributed by atoms with E-state index >= 15 is 0 Å². The van der Waals surface area contributed by atoms with Crippen LogP contribution in [0.25, 0.3) is 0 Å². The number of hydrogen-bond donors (Lipinski definition) is 1. The van der Waals surface area contributed by atoms with E-state index < -0.39 is 0 Å². The second kappa shape index (κ2) is 11.3. The molecule has 3 rings (SSSR count). The van der Waals surface area contributed by atoms with Crippen LogP contribution in [0.5, 0.6) is 0 Å². The van der Waals surface area contributed by atoms with Gasteiger partial charge in [-0.05, 0) is 51.3 Å². The van der Waals surface area contributed by atoms with Crippen LogP contribution in [0, 0.1) is 0 Å². The summed E-state index contributed by atoms with van der Waals surface area (Å²) in [5, 5.41) is 2.08. The van der Waals surface area contributed by atoms with E-state index in [9.17, 15) is 9.59 Å². The Balaban J connectivity index is 1.63. The number of nitrogens with one attached hydrogen (secondary N) is 1. The van der Waals surface area contributed by atoms with Gasteiger partial charge in [0.2, 0.25) is 5.91 Å². The fourth-order valence-electron chi connectivity index (χ4n) is 4.01. The van der Waals surface area contributed by atoms with Gasteiger partial charge in [-0.25, -0.2) is 5.01 Å². The van der Waals surface area contributed by atoms with Crippen LogP contribution in [0.15, 0.2) is 59.5 Å². The first kappa shape index (κ1) is 23.4. The molecule has 1 heterocycles. The van der Waals surface area contributed by atoms with Crippen molar-refractivity contribution >= 4 is 23.6 Å². The predicted octanol–water partition coefficient (Wildman–Crippen LogP) is 4.74. The van der Waals surface area contributed by atoms with Gasteiger partial charge in [0.15, 0.2) is 0 Å². The van der Waals surface area contributed by atoms with E-state index in [4.69, 9.17) is 0 Å². The van der Waals surface area contributed by atoms with Gasteiger partial charge in [-0.15, -0.1) is 11.8 Å². The maximum atomic E-state index is 13.0. The monoisotopic (exact) mass is 439 g/mol. The Morgan fingerprint density at radius 1 is 1.03 bits per heavy atom. The summed E-state index contributed by atoms with van der Waals surface area (Å²) in [4.78, 5) is 28.6. The molecule has 0 aromatic heterocycles. The number of benzene rings is 2. The molecule has 1 saturated heterocycles. The first-order valence-electron chi connectivity index (χ1n) is 11.1. The molecule has 0 bridgehead atoms. The fourth-order valence-corrected chi connectivity index (χ4v) is 4.96. The number of piperidine rings is 1. The quantitative estimate of drug-likeness (QED) is 0.604. The minimum Gasteiger partial charge on any atom is -0.338 e. The van der Waals surface area contributed by atoms with Crippen molar-refractivity contribution in [2.45, 2.75) is 63.6 Å². The fraction of sp³-hybridized carbons (Fsp3) is 0.440. The zero-order valence-corrected chi connectivity index (χ0v) is 19.5. The molecular weight excluding hydrogens is 406 g/mol. The highest BCUT2D eigenvalue weighted by Gasteiger charge is 2.27. The molecule has 1 fully saturated rings. The Bertz CT molecular complexity index is 864. The van der Waals surface area contributed by atoms with E-state index in [0.717, 1.165) is 23.3 Å². The molecular formula is C25H33N3O2S. The summed E-state index contributed by atoms with van der Waals surface area (Å²) in [6, 6.07) is 18.2. The standard InChI is InChI=1S/C25H33N3O2S/c1-4-27(17-21-13-6-5-7-14-21)24(29)18-31-23-16-9-8-15-22(23)25(30)26-28-19(2)11-10-12-20(28)3/h5-9,13-16,19-20H,4,10-12,17-18H2,1-3H3,(H,26,30)/t19-,20+. The Labute approximate surface area is 190 Å². The maximum Gasteiger partial charge on any atom is 0.266 e. The van der Waals surface area contributed by atoms with Gasteiger partial charge in [-0.3, -0.25) is 15.0 Å². The summed E-state index contributed by atoms with van der Waals surface area (Å²) in [5.74, 6) is 0.277. The van der Waals surface area contributed by atoms with Gasteiger partial charge in [0.1, 0.15) is 0 Å². The molecule has 2 amide bonds. The first-order chi connectivity index (χ1) is 15.0. The van der Waals surface area contributed by atoms with Crippen molar-refractivity contribution in [3.63, 3.8) is 0 Å². The topological polar surface area (TPSA) is 52.7 Å². The zero-order chi connectivity index (χ0) is 22.2. The lowest BCUT2D eigenvalue weighted by Gasteiger charge is -2.38. The Morgan fingerprint density at radius 2 is 1.68 bits per heavy atom. The van der Waals surface area contributed by atoms with E-state index in [1.54, 1.807) is 0 Å². The lowest BCUT2D eigenvalue weighted by Crippen LogP contribution is -2.54. The predicted molar refractivity (Wildman–Crippen MR) is 127 cm³/mol. The first-order valence-corrected chi connectivity index (χ1v) is 12.1. The van der Waals surface area contributed by atoms with Crippen LogP contribution >= 0.6 is 11.8 Å². The van der Waals surface area contributed by atoms with Gasteiger partial charge in [0.05, 0.1) is 11.3 Å². The van der Waals surface area contributed by atoms with Crippen molar-refractivity contribution in [1.82, 2.24) is 15.3 Å². The van der Waals surface area contributed by atoms with Crippen LogP contribution in [-0.4, -0.2) is 46.1 Å². The van der Waals surface area contributed by atoms with E-state index in [-0.39, 0.29) is 11.8 Å². The minimum absolute atomic E-state index is 0.0739. The molecule has 0 spiro atoms. The molecule has 1 N–H and O–H groups in total. The number of hydrogen-bond acceptors (Lipinski definition) is 4.